The molecule has 0 saturated carbocycles. The molecule has 0 radical (unpaired) electrons. The Labute approximate surface area is 52.1 Å². The van der Waals surface area contributed by atoms with Crippen LogP contribution >= 0.6 is 27.2 Å². The molecule has 0 spiro atoms. The Kier molecular flexibility index (Phi) is 36.9. The predicted molar refractivity (Wildman–Crippen MR) is 22.8 cm³/mol. The molecule has 0 amide bonds. The van der Waals surface area contributed by atoms with Gasteiger partial charge in [0.2, 0.25) is 0 Å². The van der Waals surface area contributed by atoms with Gasteiger partial charge in [-0.05, 0) is 0 Å². The van der Waals surface area contributed by atoms with Gasteiger partial charge >= 0.3 is 40.5 Å². The Hall–Kier alpha value is 1.07. The Morgan fingerprint density at radius 1 is 1.40 bits per heavy atom. The predicted octanol–water partition coefficient (Wildman–Crippen LogP) is 1.79. The van der Waals surface area contributed by atoms with Crippen LogP contribution in [0, 0.1) is 11.8 Å². The molecule has 1 nitrogen and oxygen atoms in total. The molecular weight excluding hydrogens is 251 g/mol. The first-order valence-electron chi connectivity index (χ1n) is 0.758. The average Bonchev–Trinajstić information content (AvgIpc) is 1.46. The molecule has 0 bridgehead atoms. The molecule has 0 fully saturated rings. The summed E-state index contributed by atoms with van der Waals surface area (Å²) in [6.45, 7) is 4.75. The molecule has 0 aliphatic heterocycles. The van der Waals surface area contributed by atoms with Crippen molar-refractivity contribution in [3.8, 4) is 0 Å². The standard InChI is InChI=1S/CN.2BrH.Zn/c1-2;;;/h;2*1H;/q-1;;;+2/p-2. The molecule has 0 unspecified atom stereocenters. The van der Waals surface area contributed by atoms with Gasteiger partial charge < -0.3 is 11.8 Å². The number of halogens is 2. The van der Waals surface area contributed by atoms with Crippen molar-refractivity contribution < 1.29 is 13.2 Å². The molecule has 0 N–H and O–H groups in total. The van der Waals surface area contributed by atoms with Crippen molar-refractivity contribution in [1.82, 2.24) is 0 Å². The molecule has 0 aliphatic rings. The summed E-state index contributed by atoms with van der Waals surface area (Å²) in [6, 6.07) is 0. The van der Waals surface area contributed by atoms with E-state index in [1.807, 2.05) is 0 Å². The van der Waals surface area contributed by atoms with E-state index in [1.54, 1.807) is 0 Å². The van der Waals surface area contributed by atoms with E-state index >= 15 is 0 Å². The summed E-state index contributed by atoms with van der Waals surface area (Å²) in [7, 11) is 0. The first-order chi connectivity index (χ1) is 2.41. The minimum Gasteiger partial charge on any atom is -0.512 e. The fourth-order valence-corrected chi connectivity index (χ4v) is 0. The zero-order valence-electron chi connectivity index (χ0n) is 2.41. The van der Waals surface area contributed by atoms with E-state index < -0.39 is 0 Å². The van der Waals surface area contributed by atoms with E-state index in [9.17, 15) is 0 Å². The largest absolute Gasteiger partial charge is 0.512 e. The quantitative estimate of drug-likeness (QED) is 0.475. The van der Waals surface area contributed by atoms with Gasteiger partial charge in [0, 0.05) is 0 Å². The van der Waals surface area contributed by atoms with Gasteiger partial charge in [-0.15, -0.1) is 0 Å². The van der Waals surface area contributed by atoms with E-state index in [2.05, 4.69) is 27.2 Å². The van der Waals surface area contributed by atoms with Crippen LogP contribution in [0.2, 0.25) is 0 Å². The maximum atomic E-state index is 6.25. The molecule has 0 saturated heterocycles. The maximum absolute atomic E-state index is 6.25. The van der Waals surface area contributed by atoms with Crippen molar-refractivity contribution in [2.45, 2.75) is 0 Å². The number of nitrogens with zero attached hydrogens (tertiary/aromatic N) is 1. The second kappa shape index (κ2) is 19.6. The molecular formula is CBr2NZn-. The van der Waals surface area contributed by atoms with Crippen molar-refractivity contribution in [3.63, 3.8) is 0 Å². The first-order valence-corrected chi connectivity index (χ1v) is 14.7. The van der Waals surface area contributed by atoms with Crippen LogP contribution in [0.1, 0.15) is 0 Å². The summed E-state index contributed by atoms with van der Waals surface area (Å²) in [4.78, 5) is 0. The van der Waals surface area contributed by atoms with Crippen molar-refractivity contribution in [3.05, 3.63) is 6.57 Å². The third-order valence-electron chi connectivity index (χ3n) is 0. The Balaban J connectivity index is 0. The summed E-state index contributed by atoms with van der Waals surface area (Å²) in [5, 5.41) is 6.25. The van der Waals surface area contributed by atoms with Gasteiger partial charge in [0.15, 0.2) is 0 Å². The molecule has 0 aromatic carbocycles. The molecule has 0 atom stereocenters. The van der Waals surface area contributed by atoms with E-state index in [-0.39, 0.29) is 13.2 Å². The van der Waals surface area contributed by atoms with Crippen molar-refractivity contribution >= 4 is 27.2 Å². The van der Waals surface area contributed by atoms with Gasteiger partial charge in [0.25, 0.3) is 0 Å². The third-order valence-corrected chi connectivity index (χ3v) is 0. The molecule has 0 aliphatic carbocycles. The van der Waals surface area contributed by atoms with Crippen LogP contribution in [-0.2, 0) is 13.2 Å². The third kappa shape index (κ3) is 41.6. The molecule has 26 valence electrons. The second-order valence-electron chi connectivity index (χ2n) is 0.101. The Morgan fingerprint density at radius 3 is 1.40 bits per heavy atom. The molecule has 0 aromatic heterocycles. The van der Waals surface area contributed by atoms with Gasteiger partial charge in [-0.2, -0.15) is 0 Å². The summed E-state index contributed by atoms with van der Waals surface area (Å²) in [6.07, 6.45) is 0. The first kappa shape index (κ1) is 9.42. The Morgan fingerprint density at radius 2 is 1.40 bits per heavy atom. The summed E-state index contributed by atoms with van der Waals surface area (Å²) < 4.78 is 0. The molecule has 0 heterocycles. The van der Waals surface area contributed by atoms with Crippen LogP contribution in [0.25, 0.3) is 0 Å². The van der Waals surface area contributed by atoms with E-state index in [0.717, 1.165) is 0 Å². The smallest absolute Gasteiger partial charge is 0.488 e. The summed E-state index contributed by atoms with van der Waals surface area (Å²) >= 11 is 6.25. The monoisotopic (exact) mass is 248 g/mol. The molecule has 0 aromatic rings. The second-order valence-corrected chi connectivity index (χ2v) is 14.2. The SMILES string of the molecule is [Br][Zn][Br].[C-]#N. The minimum atomic E-state index is -0.250. The van der Waals surface area contributed by atoms with Crippen LogP contribution < -0.4 is 0 Å². The number of hydrogen-bond acceptors (Lipinski definition) is 1. The zero-order valence-corrected chi connectivity index (χ0v) is 8.55. The Bertz CT molecular complexity index is 20.9. The van der Waals surface area contributed by atoms with Crippen LogP contribution in [-0.4, -0.2) is 0 Å². The van der Waals surface area contributed by atoms with Gasteiger partial charge in [-0.1, -0.05) is 0 Å². The van der Waals surface area contributed by atoms with Gasteiger partial charge in [-0.3, -0.25) is 0 Å². The topological polar surface area (TPSA) is 23.8 Å². The fraction of sp³-hybridized carbons (Fsp3) is 0. The van der Waals surface area contributed by atoms with Crippen LogP contribution in [0.4, 0.5) is 0 Å². The summed E-state index contributed by atoms with van der Waals surface area (Å²) in [5.74, 6) is 0. The van der Waals surface area contributed by atoms with Crippen molar-refractivity contribution in [1.29, 1.82) is 5.26 Å². The van der Waals surface area contributed by atoms with E-state index in [1.165, 1.54) is 0 Å². The van der Waals surface area contributed by atoms with E-state index in [0.29, 0.717) is 0 Å². The maximum Gasteiger partial charge on any atom is -0.488 e. The molecule has 0 rings (SSSR count). The summed E-state index contributed by atoms with van der Waals surface area (Å²) in [5.41, 5.74) is 0. The zero-order chi connectivity index (χ0) is 4.71. The minimum absolute atomic E-state index is 0.250. The van der Waals surface area contributed by atoms with Crippen molar-refractivity contribution in [2.24, 2.45) is 0 Å². The van der Waals surface area contributed by atoms with Gasteiger partial charge in [-0.25, -0.2) is 0 Å². The molecule has 4 heteroatoms. The number of hydrogen-bond donors (Lipinski definition) is 0. The van der Waals surface area contributed by atoms with Crippen LogP contribution in [0.3, 0.4) is 0 Å². The van der Waals surface area contributed by atoms with Crippen LogP contribution in [0.15, 0.2) is 0 Å². The molecule has 5 heavy (non-hydrogen) atoms. The normalized spacial score (nSPS) is 2.40. The fourth-order valence-electron chi connectivity index (χ4n) is 0. The number of rotatable bonds is 0. The van der Waals surface area contributed by atoms with Gasteiger partial charge in [0.1, 0.15) is 0 Å². The average molecular weight is 251 g/mol. The van der Waals surface area contributed by atoms with Gasteiger partial charge in [0.05, 0.1) is 0 Å². The van der Waals surface area contributed by atoms with Crippen molar-refractivity contribution in [2.75, 3.05) is 0 Å². The van der Waals surface area contributed by atoms with E-state index in [4.69, 9.17) is 11.8 Å². The van der Waals surface area contributed by atoms with Crippen LogP contribution in [0.5, 0.6) is 0 Å².